The Kier molecular flexibility index (Phi) is 2.99. The van der Waals surface area contributed by atoms with E-state index in [1.165, 1.54) is 12.2 Å². The molecule has 1 atom stereocenters. The number of carboxylic acids is 1. The fraction of sp³-hybridized carbons (Fsp3) is 0.143. The number of nitrogens with zero attached hydrogens (tertiary/aromatic N) is 1. The van der Waals surface area contributed by atoms with Gasteiger partial charge in [-0.1, -0.05) is 24.3 Å². The van der Waals surface area contributed by atoms with E-state index < -0.39 is 11.6 Å². The van der Waals surface area contributed by atoms with Crippen LogP contribution in [0.4, 0.5) is 4.39 Å². The van der Waals surface area contributed by atoms with Gasteiger partial charge in [0.05, 0.1) is 11.6 Å². The van der Waals surface area contributed by atoms with Crippen LogP contribution in [0.2, 0.25) is 0 Å². The number of aliphatic carboxylic acids is 1. The molecule has 0 saturated heterocycles. The molecule has 0 saturated carbocycles. The highest BCUT2D eigenvalue weighted by Gasteiger charge is 2.36. The van der Waals surface area contributed by atoms with Crippen molar-refractivity contribution in [1.29, 1.82) is 5.26 Å². The van der Waals surface area contributed by atoms with Gasteiger partial charge in [0.15, 0.2) is 0 Å². The molecule has 1 aliphatic rings. The van der Waals surface area contributed by atoms with E-state index in [1.807, 2.05) is 6.07 Å². The molecule has 0 bridgehead atoms. The number of halogens is 1. The zero-order valence-corrected chi connectivity index (χ0v) is 9.43. The molecule has 3 nitrogen and oxygen atoms in total. The van der Waals surface area contributed by atoms with Crippen LogP contribution in [0, 0.1) is 11.3 Å². The maximum absolute atomic E-state index is 13.7. The topological polar surface area (TPSA) is 61.1 Å². The van der Waals surface area contributed by atoms with Crippen LogP contribution >= 0.6 is 0 Å². The third-order valence-electron chi connectivity index (χ3n) is 2.83. The van der Waals surface area contributed by atoms with Crippen molar-refractivity contribution in [2.45, 2.75) is 12.1 Å². The third kappa shape index (κ3) is 2.16. The van der Waals surface area contributed by atoms with E-state index >= 15 is 0 Å². The summed E-state index contributed by atoms with van der Waals surface area (Å²) in [4.78, 5) is 10.7. The Morgan fingerprint density at radius 2 is 2.28 bits per heavy atom. The minimum Gasteiger partial charge on any atom is -0.479 e. The van der Waals surface area contributed by atoms with Crippen molar-refractivity contribution in [3.05, 3.63) is 53.6 Å². The first kappa shape index (κ1) is 12.1. The summed E-state index contributed by atoms with van der Waals surface area (Å²) in [6, 6.07) is 8.91. The summed E-state index contributed by atoms with van der Waals surface area (Å²) in [5, 5.41) is 17.5. The number of carbonyl (C=O) groups is 1. The third-order valence-corrected chi connectivity index (χ3v) is 2.83. The van der Waals surface area contributed by atoms with Gasteiger partial charge >= 0.3 is 5.97 Å². The van der Waals surface area contributed by atoms with E-state index in [1.54, 1.807) is 24.3 Å². The Bertz CT molecular complexity index is 598. The lowest BCUT2D eigenvalue weighted by atomic mass is 9.90. The van der Waals surface area contributed by atoms with Crippen molar-refractivity contribution in [2.75, 3.05) is 0 Å². The lowest BCUT2D eigenvalue weighted by Crippen LogP contribution is -2.31. The minimum absolute atomic E-state index is 0.203. The molecule has 0 heterocycles. The largest absolute Gasteiger partial charge is 0.479 e. The van der Waals surface area contributed by atoms with Crippen LogP contribution < -0.4 is 0 Å². The highest BCUT2D eigenvalue weighted by molar-refractivity contribution is 5.85. The molecule has 1 aromatic carbocycles. The molecule has 1 aromatic rings. The van der Waals surface area contributed by atoms with Crippen LogP contribution in [0.3, 0.4) is 0 Å². The zero-order valence-electron chi connectivity index (χ0n) is 9.43. The number of hydrogen-bond acceptors (Lipinski definition) is 2. The summed E-state index contributed by atoms with van der Waals surface area (Å²) in [5.41, 5.74) is -0.312. The van der Waals surface area contributed by atoms with Gasteiger partial charge in [0.2, 0.25) is 5.67 Å². The molecule has 0 aromatic heterocycles. The van der Waals surface area contributed by atoms with Crippen LogP contribution in [0.25, 0.3) is 5.57 Å². The molecule has 1 aliphatic carbocycles. The maximum Gasteiger partial charge on any atom is 0.345 e. The average Bonchev–Trinajstić information content (AvgIpc) is 2.39. The second kappa shape index (κ2) is 4.46. The first-order valence-corrected chi connectivity index (χ1v) is 5.37. The van der Waals surface area contributed by atoms with E-state index in [9.17, 15) is 9.18 Å². The molecule has 0 radical (unpaired) electrons. The normalized spacial score (nSPS) is 22.1. The molecule has 1 unspecified atom stereocenters. The predicted octanol–water partition coefficient (Wildman–Crippen LogP) is 2.69. The highest BCUT2D eigenvalue weighted by Crippen LogP contribution is 2.30. The van der Waals surface area contributed by atoms with Crippen molar-refractivity contribution in [3.8, 4) is 6.07 Å². The number of benzene rings is 1. The van der Waals surface area contributed by atoms with E-state index in [0.29, 0.717) is 5.56 Å². The van der Waals surface area contributed by atoms with Crippen LogP contribution in [-0.4, -0.2) is 16.7 Å². The molecule has 0 fully saturated rings. The molecule has 90 valence electrons. The minimum atomic E-state index is -2.32. The van der Waals surface area contributed by atoms with Gasteiger partial charge in [-0.25, -0.2) is 9.18 Å². The number of rotatable bonds is 2. The van der Waals surface area contributed by atoms with Crippen molar-refractivity contribution in [1.82, 2.24) is 0 Å². The van der Waals surface area contributed by atoms with Gasteiger partial charge < -0.3 is 5.11 Å². The maximum atomic E-state index is 13.7. The van der Waals surface area contributed by atoms with Crippen molar-refractivity contribution in [3.63, 3.8) is 0 Å². The van der Waals surface area contributed by atoms with E-state index in [4.69, 9.17) is 10.4 Å². The van der Waals surface area contributed by atoms with Crippen molar-refractivity contribution < 1.29 is 14.3 Å². The molecule has 1 N–H and O–H groups in total. The number of allylic oxidation sites excluding steroid dienone is 3. The van der Waals surface area contributed by atoms with Crippen LogP contribution in [-0.2, 0) is 4.79 Å². The fourth-order valence-corrected chi connectivity index (χ4v) is 1.76. The monoisotopic (exact) mass is 243 g/mol. The molecule has 2 rings (SSSR count). The Morgan fingerprint density at radius 3 is 2.83 bits per heavy atom. The Balaban J connectivity index is 2.29. The molecule has 18 heavy (non-hydrogen) atoms. The van der Waals surface area contributed by atoms with E-state index in [2.05, 4.69) is 0 Å². The molecular weight excluding hydrogens is 233 g/mol. The van der Waals surface area contributed by atoms with Gasteiger partial charge in [0.25, 0.3) is 0 Å². The van der Waals surface area contributed by atoms with Gasteiger partial charge in [-0.3, -0.25) is 0 Å². The zero-order chi connectivity index (χ0) is 13.2. The summed E-state index contributed by atoms with van der Waals surface area (Å²) >= 11 is 0. The number of carboxylic acid groups (broad SMARTS) is 1. The summed E-state index contributed by atoms with van der Waals surface area (Å²) in [6.45, 7) is 0. The predicted molar refractivity (Wildman–Crippen MR) is 64.4 cm³/mol. The second-order valence-electron chi connectivity index (χ2n) is 4.06. The summed E-state index contributed by atoms with van der Waals surface area (Å²) in [7, 11) is 0. The smallest absolute Gasteiger partial charge is 0.345 e. The van der Waals surface area contributed by atoms with Gasteiger partial charge in [-0.05, 0) is 29.3 Å². The van der Waals surface area contributed by atoms with E-state index in [-0.39, 0.29) is 6.42 Å². The van der Waals surface area contributed by atoms with Crippen LogP contribution in [0.1, 0.15) is 17.5 Å². The fourth-order valence-electron chi connectivity index (χ4n) is 1.76. The first-order valence-electron chi connectivity index (χ1n) is 5.37. The van der Waals surface area contributed by atoms with Gasteiger partial charge in [0, 0.05) is 6.42 Å². The quantitative estimate of drug-likeness (QED) is 0.868. The lowest BCUT2D eigenvalue weighted by molar-refractivity contribution is -0.147. The second-order valence-corrected chi connectivity index (χ2v) is 4.06. The molecule has 0 aliphatic heterocycles. The SMILES string of the molecule is N#Cc1cccc(C2=CCC(F)(C(=O)O)C=C2)c1. The first-order chi connectivity index (χ1) is 8.55. The molecule has 0 amide bonds. The lowest BCUT2D eigenvalue weighted by Gasteiger charge is -2.19. The van der Waals surface area contributed by atoms with Gasteiger partial charge in [0.1, 0.15) is 0 Å². The Labute approximate surface area is 103 Å². The van der Waals surface area contributed by atoms with Gasteiger partial charge in [-0.2, -0.15) is 5.26 Å². The Morgan fingerprint density at radius 1 is 1.50 bits per heavy atom. The highest BCUT2D eigenvalue weighted by atomic mass is 19.1. The summed E-state index contributed by atoms with van der Waals surface area (Å²) in [5.74, 6) is -1.49. The molecular formula is C14H10FNO2. The molecule has 0 spiro atoms. The summed E-state index contributed by atoms with van der Waals surface area (Å²) in [6.07, 6.45) is 3.81. The molecule has 4 heteroatoms. The van der Waals surface area contributed by atoms with E-state index in [0.717, 1.165) is 17.2 Å². The average molecular weight is 243 g/mol. The standard InChI is InChI=1S/C14H10FNO2/c15-14(13(17)18)6-4-11(5-7-14)12-3-1-2-10(8-12)9-16/h1-6,8H,7H2,(H,17,18). The van der Waals surface area contributed by atoms with Crippen LogP contribution in [0.5, 0.6) is 0 Å². The van der Waals surface area contributed by atoms with Crippen LogP contribution in [0.15, 0.2) is 42.5 Å². The Hall–Kier alpha value is -2.41. The van der Waals surface area contributed by atoms with Gasteiger partial charge in [-0.15, -0.1) is 0 Å². The number of hydrogen-bond donors (Lipinski definition) is 1. The number of nitriles is 1. The van der Waals surface area contributed by atoms with Crippen molar-refractivity contribution >= 4 is 11.5 Å². The van der Waals surface area contributed by atoms with Crippen molar-refractivity contribution in [2.24, 2.45) is 0 Å². The summed E-state index contributed by atoms with van der Waals surface area (Å²) < 4.78 is 13.7. The number of alkyl halides is 1.